The lowest BCUT2D eigenvalue weighted by molar-refractivity contribution is 0.483. The normalized spacial score (nSPS) is 10.2. The van der Waals surface area contributed by atoms with Gasteiger partial charge in [0, 0.05) is 18.0 Å². The van der Waals surface area contributed by atoms with Gasteiger partial charge in [-0.25, -0.2) is 4.39 Å². The van der Waals surface area contributed by atoms with Crippen molar-refractivity contribution in [3.8, 4) is 5.69 Å². The van der Waals surface area contributed by atoms with E-state index in [2.05, 4.69) is 0 Å². The van der Waals surface area contributed by atoms with Gasteiger partial charge < -0.3 is 0 Å². The molecule has 0 aliphatic rings. The second-order valence-electron chi connectivity index (χ2n) is 3.21. The molecular formula is C12H10FNO. The molecule has 3 heteroatoms. The minimum absolute atomic E-state index is 0.154. The molecule has 1 aromatic carbocycles. The minimum atomic E-state index is -0.562. The Bertz CT molecular complexity index is 505. The summed E-state index contributed by atoms with van der Waals surface area (Å²) in [6.07, 6.45) is 1.53. The molecule has 0 bridgehead atoms. The molecule has 2 rings (SSSR count). The van der Waals surface area contributed by atoms with Gasteiger partial charge in [-0.3, -0.25) is 9.36 Å². The average molecular weight is 203 g/mol. The Morgan fingerprint density at radius 3 is 2.47 bits per heavy atom. The fourth-order valence-corrected chi connectivity index (χ4v) is 1.40. The summed E-state index contributed by atoms with van der Waals surface area (Å²) >= 11 is 0. The Hall–Kier alpha value is -1.90. The lowest BCUT2D eigenvalue weighted by atomic mass is 10.2. The zero-order chi connectivity index (χ0) is 10.7. The summed E-state index contributed by atoms with van der Waals surface area (Å²) in [7, 11) is 0. The molecule has 1 heterocycles. The summed E-state index contributed by atoms with van der Waals surface area (Å²) < 4.78 is 13.9. The fraction of sp³-hybridized carbons (Fsp3) is 0.0833. The van der Waals surface area contributed by atoms with E-state index in [0.717, 1.165) is 5.69 Å². The number of nitrogens with zero attached hydrogens (tertiary/aromatic N) is 1. The predicted octanol–water partition coefficient (Wildman–Crippen LogP) is 2.31. The number of aromatic nitrogens is 1. The number of halogens is 1. The molecule has 0 saturated heterocycles. The van der Waals surface area contributed by atoms with Crippen LogP contribution in [0.2, 0.25) is 0 Å². The van der Waals surface area contributed by atoms with Crippen LogP contribution in [0.3, 0.4) is 0 Å². The molecule has 1 aromatic heterocycles. The Kier molecular flexibility index (Phi) is 2.63. The van der Waals surface area contributed by atoms with Gasteiger partial charge in [-0.1, -0.05) is 18.2 Å². The zero-order valence-corrected chi connectivity index (χ0v) is 8.06. The molecular weight excluding hydrogens is 193 g/mol. The summed E-state index contributed by atoms with van der Waals surface area (Å²) in [4.78, 5) is 11.5. The molecule has 0 amide bonds. The average Bonchev–Trinajstić information content (AvgIpc) is 2.31. The van der Waals surface area contributed by atoms with Crippen LogP contribution in [-0.4, -0.2) is 4.57 Å². The number of pyridine rings is 1. The molecule has 2 nitrogen and oxygen atoms in total. The largest absolute Gasteiger partial charge is 0.284 e. The molecule has 2 aromatic rings. The van der Waals surface area contributed by atoms with E-state index in [-0.39, 0.29) is 5.56 Å². The van der Waals surface area contributed by atoms with Crippen LogP contribution in [0.1, 0.15) is 5.56 Å². The van der Waals surface area contributed by atoms with Gasteiger partial charge in [0.2, 0.25) is 0 Å². The van der Waals surface area contributed by atoms with Gasteiger partial charge in [-0.15, -0.1) is 0 Å². The quantitative estimate of drug-likeness (QED) is 0.734. The molecule has 0 radical (unpaired) electrons. The third-order valence-corrected chi connectivity index (χ3v) is 2.16. The van der Waals surface area contributed by atoms with Crippen molar-refractivity contribution in [2.45, 2.75) is 6.67 Å². The first-order valence-corrected chi connectivity index (χ1v) is 4.64. The first kappa shape index (κ1) is 9.65. The Labute approximate surface area is 86.6 Å². The van der Waals surface area contributed by atoms with Crippen molar-refractivity contribution in [2.24, 2.45) is 0 Å². The van der Waals surface area contributed by atoms with Crippen LogP contribution < -0.4 is 5.56 Å². The maximum absolute atomic E-state index is 12.4. The summed E-state index contributed by atoms with van der Waals surface area (Å²) in [5, 5.41) is 0. The van der Waals surface area contributed by atoms with E-state index in [1.54, 1.807) is 0 Å². The van der Waals surface area contributed by atoms with Gasteiger partial charge >= 0.3 is 0 Å². The highest BCUT2D eigenvalue weighted by molar-refractivity contribution is 5.32. The van der Waals surface area contributed by atoms with Crippen LogP contribution >= 0.6 is 0 Å². The molecule has 0 unspecified atom stereocenters. The summed E-state index contributed by atoms with van der Waals surface area (Å²) in [5.41, 5.74) is 1.09. The van der Waals surface area contributed by atoms with Gasteiger partial charge in [-0.2, -0.15) is 0 Å². The molecule has 0 N–H and O–H groups in total. The SMILES string of the molecule is O=c1ccc(CF)cn1-c1ccccc1. The highest BCUT2D eigenvalue weighted by Crippen LogP contribution is 2.06. The standard InChI is InChI=1S/C12H10FNO/c13-8-10-6-7-12(15)14(9-10)11-4-2-1-3-5-11/h1-7,9H,8H2. The third-order valence-electron chi connectivity index (χ3n) is 2.16. The van der Waals surface area contributed by atoms with Gasteiger partial charge in [0.05, 0.1) is 0 Å². The van der Waals surface area contributed by atoms with E-state index >= 15 is 0 Å². The van der Waals surface area contributed by atoms with Crippen molar-refractivity contribution >= 4 is 0 Å². The molecule has 0 fully saturated rings. The highest BCUT2D eigenvalue weighted by Gasteiger charge is 1.99. The molecule has 0 spiro atoms. The Morgan fingerprint density at radius 2 is 1.80 bits per heavy atom. The van der Waals surface area contributed by atoms with Crippen molar-refractivity contribution in [1.29, 1.82) is 0 Å². The number of para-hydroxylation sites is 1. The third kappa shape index (κ3) is 1.96. The van der Waals surface area contributed by atoms with E-state index in [1.165, 1.54) is 22.9 Å². The van der Waals surface area contributed by atoms with Gasteiger partial charge in [0.1, 0.15) is 6.67 Å². The first-order valence-electron chi connectivity index (χ1n) is 4.64. The van der Waals surface area contributed by atoms with Crippen molar-refractivity contribution < 1.29 is 4.39 Å². The van der Waals surface area contributed by atoms with Crippen LogP contribution in [-0.2, 0) is 6.67 Å². The van der Waals surface area contributed by atoms with Crippen LogP contribution in [0, 0.1) is 0 Å². The summed E-state index contributed by atoms with van der Waals surface area (Å²) in [6, 6.07) is 12.0. The van der Waals surface area contributed by atoms with Crippen molar-refractivity contribution in [2.75, 3.05) is 0 Å². The fourth-order valence-electron chi connectivity index (χ4n) is 1.40. The van der Waals surface area contributed by atoms with E-state index in [9.17, 15) is 9.18 Å². The lowest BCUT2D eigenvalue weighted by Gasteiger charge is -2.05. The van der Waals surface area contributed by atoms with Gasteiger partial charge in [0.25, 0.3) is 5.56 Å². The van der Waals surface area contributed by atoms with Gasteiger partial charge in [0.15, 0.2) is 0 Å². The summed E-state index contributed by atoms with van der Waals surface area (Å²) in [5.74, 6) is 0. The van der Waals surface area contributed by atoms with Gasteiger partial charge in [-0.05, 0) is 23.8 Å². The van der Waals surface area contributed by atoms with Crippen molar-refractivity contribution in [1.82, 2.24) is 4.57 Å². The first-order chi connectivity index (χ1) is 7.31. The zero-order valence-electron chi connectivity index (χ0n) is 8.06. The Morgan fingerprint density at radius 1 is 1.07 bits per heavy atom. The number of hydrogen-bond donors (Lipinski definition) is 0. The highest BCUT2D eigenvalue weighted by atomic mass is 19.1. The molecule has 0 aliphatic heterocycles. The van der Waals surface area contributed by atoms with E-state index in [4.69, 9.17) is 0 Å². The van der Waals surface area contributed by atoms with Crippen molar-refractivity contribution in [3.05, 3.63) is 64.6 Å². The molecule has 0 saturated carbocycles. The van der Waals surface area contributed by atoms with Crippen molar-refractivity contribution in [3.63, 3.8) is 0 Å². The molecule has 76 valence electrons. The number of rotatable bonds is 2. The van der Waals surface area contributed by atoms with Crippen LogP contribution in [0.25, 0.3) is 5.69 Å². The minimum Gasteiger partial charge on any atom is -0.284 e. The maximum Gasteiger partial charge on any atom is 0.255 e. The smallest absolute Gasteiger partial charge is 0.255 e. The number of benzene rings is 1. The topological polar surface area (TPSA) is 22.0 Å². The van der Waals surface area contributed by atoms with Crippen LogP contribution in [0.4, 0.5) is 4.39 Å². The molecule has 0 aliphatic carbocycles. The number of alkyl halides is 1. The Balaban J connectivity index is 2.57. The second-order valence-corrected chi connectivity index (χ2v) is 3.21. The molecule has 15 heavy (non-hydrogen) atoms. The maximum atomic E-state index is 12.4. The van der Waals surface area contributed by atoms with E-state index < -0.39 is 6.67 Å². The molecule has 0 atom stereocenters. The number of hydrogen-bond acceptors (Lipinski definition) is 1. The monoisotopic (exact) mass is 203 g/mol. The predicted molar refractivity (Wildman–Crippen MR) is 56.9 cm³/mol. The second kappa shape index (κ2) is 4.09. The van der Waals surface area contributed by atoms with E-state index in [1.807, 2.05) is 30.3 Å². The van der Waals surface area contributed by atoms with Crippen LogP contribution in [0.15, 0.2) is 53.5 Å². The lowest BCUT2D eigenvalue weighted by Crippen LogP contribution is -2.16. The van der Waals surface area contributed by atoms with E-state index in [0.29, 0.717) is 5.56 Å². The van der Waals surface area contributed by atoms with Crippen LogP contribution in [0.5, 0.6) is 0 Å². The summed E-state index contributed by atoms with van der Waals surface area (Å²) in [6.45, 7) is -0.562.